The number of benzene rings is 1. The molecule has 1 atom stereocenters. The van der Waals surface area contributed by atoms with Gasteiger partial charge >= 0.3 is 6.18 Å². The van der Waals surface area contributed by atoms with Crippen LogP contribution >= 0.6 is 0 Å². The Morgan fingerprint density at radius 2 is 1.71 bits per heavy atom. The van der Waals surface area contributed by atoms with E-state index in [0.29, 0.717) is 0 Å². The van der Waals surface area contributed by atoms with Crippen molar-refractivity contribution < 1.29 is 13.2 Å². The summed E-state index contributed by atoms with van der Waals surface area (Å²) >= 11 is 0. The molecule has 6 heteroatoms. The zero-order valence-electron chi connectivity index (χ0n) is 11.2. The van der Waals surface area contributed by atoms with Crippen LogP contribution in [0, 0.1) is 0 Å². The van der Waals surface area contributed by atoms with Crippen molar-refractivity contribution in [2.75, 3.05) is 6.54 Å². The Morgan fingerprint density at radius 1 is 1.05 bits per heavy atom. The number of nitrogens with two attached hydrogens (primary N) is 1. The van der Waals surface area contributed by atoms with Gasteiger partial charge in [0.15, 0.2) is 0 Å². The van der Waals surface area contributed by atoms with Gasteiger partial charge in [0.1, 0.15) is 5.69 Å². The first kappa shape index (κ1) is 15.3. The van der Waals surface area contributed by atoms with Gasteiger partial charge in [-0.3, -0.25) is 4.79 Å². The van der Waals surface area contributed by atoms with Crippen LogP contribution in [0.15, 0.2) is 53.3 Å². The maximum absolute atomic E-state index is 13.0. The highest BCUT2D eigenvalue weighted by atomic mass is 19.4. The summed E-state index contributed by atoms with van der Waals surface area (Å²) in [6, 6.07) is 12.1. The van der Waals surface area contributed by atoms with E-state index in [9.17, 15) is 18.0 Å². The zero-order valence-corrected chi connectivity index (χ0v) is 11.2. The number of nitrogens with zero attached hydrogens (tertiary/aromatic N) is 1. The lowest BCUT2D eigenvalue weighted by atomic mass is 9.99. The molecule has 0 spiro atoms. The lowest BCUT2D eigenvalue weighted by Crippen LogP contribution is -2.31. The third-order valence-corrected chi connectivity index (χ3v) is 3.30. The Balaban J connectivity index is 2.41. The molecule has 1 aromatic heterocycles. The molecule has 0 fully saturated rings. The molecule has 1 heterocycles. The van der Waals surface area contributed by atoms with E-state index in [4.69, 9.17) is 5.73 Å². The first-order valence-corrected chi connectivity index (χ1v) is 6.45. The van der Waals surface area contributed by atoms with Crippen LogP contribution in [0.25, 0.3) is 0 Å². The zero-order chi connectivity index (χ0) is 15.5. The predicted molar refractivity (Wildman–Crippen MR) is 73.9 cm³/mol. The minimum atomic E-state index is -4.57. The van der Waals surface area contributed by atoms with Crippen molar-refractivity contribution in [2.24, 2.45) is 5.73 Å². The number of halogens is 3. The number of pyridine rings is 1. The minimum absolute atomic E-state index is 0.102. The maximum atomic E-state index is 13.0. The van der Waals surface area contributed by atoms with Crippen molar-refractivity contribution in [1.82, 2.24) is 4.57 Å². The van der Waals surface area contributed by atoms with E-state index in [1.165, 1.54) is 0 Å². The summed E-state index contributed by atoms with van der Waals surface area (Å²) in [7, 11) is 0. The van der Waals surface area contributed by atoms with Crippen LogP contribution in [-0.2, 0) is 12.7 Å². The van der Waals surface area contributed by atoms with Crippen LogP contribution in [0.4, 0.5) is 13.2 Å². The Kier molecular flexibility index (Phi) is 4.47. The van der Waals surface area contributed by atoms with E-state index >= 15 is 0 Å². The molecule has 1 aromatic carbocycles. The van der Waals surface area contributed by atoms with Crippen molar-refractivity contribution in [3.8, 4) is 0 Å². The first-order chi connectivity index (χ1) is 9.93. The summed E-state index contributed by atoms with van der Waals surface area (Å²) in [5.74, 6) is -0.354. The summed E-state index contributed by atoms with van der Waals surface area (Å²) in [6.45, 7) is 0.0532. The molecule has 1 unspecified atom stereocenters. The Hall–Kier alpha value is -2.08. The number of aromatic nitrogens is 1. The second-order valence-electron chi connectivity index (χ2n) is 4.70. The summed E-state index contributed by atoms with van der Waals surface area (Å²) in [6.07, 6.45) is -4.57. The normalized spacial score (nSPS) is 13.1. The number of alkyl halides is 3. The SMILES string of the molecule is NCC(Cn1c(C(F)(F)F)cccc1=O)c1ccccc1. The van der Waals surface area contributed by atoms with Crippen molar-refractivity contribution in [3.05, 3.63) is 70.1 Å². The molecule has 0 aliphatic carbocycles. The molecule has 21 heavy (non-hydrogen) atoms. The first-order valence-electron chi connectivity index (χ1n) is 6.45. The van der Waals surface area contributed by atoms with Crippen LogP contribution in [0.3, 0.4) is 0 Å². The molecule has 2 rings (SSSR count). The molecule has 2 N–H and O–H groups in total. The quantitative estimate of drug-likeness (QED) is 0.942. The number of hydrogen-bond donors (Lipinski definition) is 1. The van der Waals surface area contributed by atoms with Crippen LogP contribution < -0.4 is 11.3 Å². The summed E-state index contributed by atoms with van der Waals surface area (Å²) < 4.78 is 39.7. The van der Waals surface area contributed by atoms with Crippen molar-refractivity contribution in [3.63, 3.8) is 0 Å². The van der Waals surface area contributed by atoms with Crippen molar-refractivity contribution >= 4 is 0 Å². The Bertz CT molecular complexity index is 650. The predicted octanol–water partition coefficient (Wildman–Crippen LogP) is 2.61. The average molecular weight is 296 g/mol. The van der Waals surface area contributed by atoms with E-state index in [2.05, 4.69) is 0 Å². The van der Waals surface area contributed by atoms with E-state index in [1.54, 1.807) is 24.3 Å². The molecule has 0 saturated heterocycles. The molecule has 0 saturated carbocycles. The Morgan fingerprint density at radius 3 is 2.29 bits per heavy atom. The summed E-state index contributed by atoms with van der Waals surface area (Å²) in [4.78, 5) is 11.8. The van der Waals surface area contributed by atoms with Gasteiger partial charge in [-0.25, -0.2) is 0 Å². The molecular weight excluding hydrogens is 281 g/mol. The third-order valence-electron chi connectivity index (χ3n) is 3.30. The Labute approximate surface area is 119 Å². The van der Waals surface area contributed by atoms with E-state index in [0.717, 1.165) is 28.3 Å². The molecule has 0 bridgehead atoms. The van der Waals surface area contributed by atoms with Crippen LogP contribution in [0.2, 0.25) is 0 Å². The van der Waals surface area contributed by atoms with Crippen molar-refractivity contribution in [1.29, 1.82) is 0 Å². The minimum Gasteiger partial charge on any atom is -0.330 e. The van der Waals surface area contributed by atoms with E-state index in [1.807, 2.05) is 6.07 Å². The molecule has 3 nitrogen and oxygen atoms in total. The smallest absolute Gasteiger partial charge is 0.330 e. The molecule has 2 aromatic rings. The van der Waals surface area contributed by atoms with E-state index in [-0.39, 0.29) is 19.0 Å². The van der Waals surface area contributed by atoms with Gasteiger partial charge in [-0.2, -0.15) is 13.2 Å². The maximum Gasteiger partial charge on any atom is 0.431 e. The topological polar surface area (TPSA) is 48.0 Å². The summed E-state index contributed by atoms with van der Waals surface area (Å²) in [5, 5.41) is 0. The fourth-order valence-corrected chi connectivity index (χ4v) is 2.22. The standard InChI is InChI=1S/C15H15F3N2O/c16-15(17,18)13-7-4-8-14(21)20(13)10-12(9-19)11-5-2-1-3-6-11/h1-8,12H,9-10,19H2. The lowest BCUT2D eigenvalue weighted by Gasteiger charge is -2.20. The number of hydrogen-bond acceptors (Lipinski definition) is 2. The van der Waals surface area contributed by atoms with Gasteiger partial charge in [0.2, 0.25) is 0 Å². The highest BCUT2D eigenvalue weighted by Gasteiger charge is 2.34. The van der Waals surface area contributed by atoms with Gasteiger partial charge in [-0.1, -0.05) is 36.4 Å². The molecule has 0 amide bonds. The fraction of sp³-hybridized carbons (Fsp3) is 0.267. The van der Waals surface area contributed by atoms with Crippen LogP contribution in [-0.4, -0.2) is 11.1 Å². The van der Waals surface area contributed by atoms with E-state index < -0.39 is 17.4 Å². The highest BCUT2D eigenvalue weighted by Crippen LogP contribution is 2.29. The lowest BCUT2D eigenvalue weighted by molar-refractivity contribution is -0.144. The second-order valence-corrected chi connectivity index (χ2v) is 4.70. The molecule has 0 aliphatic rings. The largest absolute Gasteiger partial charge is 0.431 e. The molecule has 112 valence electrons. The molecular formula is C15H15F3N2O. The third kappa shape index (κ3) is 3.52. The fourth-order valence-electron chi connectivity index (χ4n) is 2.22. The average Bonchev–Trinajstić information content (AvgIpc) is 2.45. The van der Waals surface area contributed by atoms with Gasteiger partial charge in [-0.05, 0) is 11.6 Å². The van der Waals surface area contributed by atoms with Gasteiger partial charge in [0.25, 0.3) is 5.56 Å². The van der Waals surface area contributed by atoms with Gasteiger partial charge in [0.05, 0.1) is 0 Å². The van der Waals surface area contributed by atoms with Gasteiger partial charge in [0, 0.05) is 25.1 Å². The molecule has 0 radical (unpaired) electrons. The second kappa shape index (κ2) is 6.13. The monoisotopic (exact) mass is 296 g/mol. The van der Waals surface area contributed by atoms with Gasteiger partial charge in [-0.15, -0.1) is 0 Å². The van der Waals surface area contributed by atoms with Crippen molar-refractivity contribution in [2.45, 2.75) is 18.6 Å². The highest BCUT2D eigenvalue weighted by molar-refractivity contribution is 5.20. The van der Waals surface area contributed by atoms with Crippen LogP contribution in [0.5, 0.6) is 0 Å². The van der Waals surface area contributed by atoms with Crippen LogP contribution in [0.1, 0.15) is 17.2 Å². The molecule has 0 aliphatic heterocycles. The van der Waals surface area contributed by atoms with Gasteiger partial charge < -0.3 is 10.3 Å². The summed E-state index contributed by atoms with van der Waals surface area (Å²) in [5.41, 5.74) is 4.84. The number of rotatable bonds is 4.